The third-order valence-corrected chi connectivity index (χ3v) is 6.63. The second-order valence-electron chi connectivity index (χ2n) is 10.1. The largest absolute Gasteiger partial charge is 1.00 e. The fraction of sp³-hybridized carbons (Fsp3) is 0.158. The molecule has 4 heterocycles. The fourth-order valence-corrected chi connectivity index (χ4v) is 4.53. The number of nitrogens with zero attached hydrogens (tertiary/aromatic N) is 4. The second kappa shape index (κ2) is 19.0. The van der Waals surface area contributed by atoms with Crippen LogP contribution in [0.3, 0.4) is 0 Å². The number of fused-ring (bicyclic) bond motifs is 2. The molecular weight excluding hydrogens is 631 g/mol. The zero-order valence-corrected chi connectivity index (χ0v) is 29.2. The Labute approximate surface area is 307 Å². The number of carbonyl (C=O) groups is 2. The number of ether oxygens (including phenoxy) is 3. The van der Waals surface area contributed by atoms with Crippen LogP contribution in [0.15, 0.2) is 109 Å². The zero-order valence-electron chi connectivity index (χ0n) is 28.2. The van der Waals surface area contributed by atoms with E-state index < -0.39 is 12.6 Å². The average molecular weight is 664 g/mol. The Morgan fingerprint density at radius 2 is 1.12 bits per heavy atom. The van der Waals surface area contributed by atoms with E-state index in [1.165, 1.54) is 0 Å². The Morgan fingerprint density at radius 3 is 1.57 bits per heavy atom. The van der Waals surface area contributed by atoms with Gasteiger partial charge in [0.1, 0.15) is 40.7 Å². The van der Waals surface area contributed by atoms with Gasteiger partial charge in [0.2, 0.25) is 0 Å². The molecular formula is C38H32N4NaO6-. The van der Waals surface area contributed by atoms with Gasteiger partial charge in [-0.15, -0.1) is 0 Å². The third kappa shape index (κ3) is 10.6. The molecule has 4 aromatic heterocycles. The van der Waals surface area contributed by atoms with Crippen molar-refractivity contribution in [2.45, 2.75) is 20.1 Å². The van der Waals surface area contributed by atoms with Crippen LogP contribution >= 0.6 is 0 Å². The Balaban J connectivity index is 0.000000261. The molecule has 0 radical (unpaired) electrons. The summed E-state index contributed by atoms with van der Waals surface area (Å²) in [4.78, 5) is 30.9. The molecule has 0 fully saturated rings. The predicted molar refractivity (Wildman–Crippen MR) is 177 cm³/mol. The van der Waals surface area contributed by atoms with Gasteiger partial charge in [-0.05, 0) is 67.3 Å². The van der Waals surface area contributed by atoms with Gasteiger partial charge in [-0.25, -0.2) is 14.8 Å². The minimum Gasteiger partial charge on any atom is -1.00 e. The van der Waals surface area contributed by atoms with E-state index in [4.69, 9.17) is 14.2 Å². The van der Waals surface area contributed by atoms with Crippen molar-refractivity contribution >= 4 is 23.2 Å². The van der Waals surface area contributed by atoms with E-state index >= 15 is 0 Å². The minimum atomic E-state index is -1.26. The summed E-state index contributed by atoms with van der Waals surface area (Å²) < 4.78 is 19.2. The summed E-state index contributed by atoms with van der Waals surface area (Å²) in [5, 5.41) is 10.5. The van der Waals surface area contributed by atoms with Gasteiger partial charge in [0, 0.05) is 23.5 Å². The normalized spacial score (nSPS) is 10.1. The Morgan fingerprint density at radius 1 is 0.673 bits per heavy atom. The van der Waals surface area contributed by atoms with E-state index in [1.54, 1.807) is 6.92 Å². The van der Waals surface area contributed by atoms with Crippen LogP contribution in [0.5, 0.6) is 0 Å². The van der Waals surface area contributed by atoms with Crippen molar-refractivity contribution in [3.8, 4) is 23.7 Å². The first-order chi connectivity index (χ1) is 23.5. The van der Waals surface area contributed by atoms with Crippen LogP contribution in [0.25, 0.3) is 11.3 Å². The molecule has 0 spiro atoms. The average Bonchev–Trinajstić information content (AvgIpc) is 3.64. The molecule has 6 rings (SSSR count). The smallest absolute Gasteiger partial charge is 1.00 e. The Kier molecular flexibility index (Phi) is 14.2. The van der Waals surface area contributed by atoms with Gasteiger partial charge in [-0.3, -0.25) is 8.80 Å². The molecule has 0 aliphatic heterocycles. The van der Waals surface area contributed by atoms with Crippen LogP contribution in [0.1, 0.15) is 42.3 Å². The van der Waals surface area contributed by atoms with Crippen LogP contribution in [-0.2, 0) is 37.0 Å². The van der Waals surface area contributed by atoms with Crippen molar-refractivity contribution in [3.63, 3.8) is 0 Å². The summed E-state index contributed by atoms with van der Waals surface area (Å²) in [6.45, 7) is 1.78. The van der Waals surface area contributed by atoms with Crippen LogP contribution < -0.4 is 34.7 Å². The molecule has 0 bridgehead atoms. The Hall–Kier alpha value is -5.20. The molecule has 0 atom stereocenters. The van der Waals surface area contributed by atoms with Crippen molar-refractivity contribution in [2.24, 2.45) is 0 Å². The summed E-state index contributed by atoms with van der Waals surface area (Å²) >= 11 is 0. The quantitative estimate of drug-likeness (QED) is 0.127. The van der Waals surface area contributed by atoms with E-state index in [-0.39, 0.29) is 56.8 Å². The zero-order chi connectivity index (χ0) is 33.6. The van der Waals surface area contributed by atoms with Crippen LogP contribution in [-0.4, -0.2) is 50.5 Å². The van der Waals surface area contributed by atoms with Gasteiger partial charge in [-0.2, -0.15) is 0 Å². The molecule has 0 saturated heterocycles. The van der Waals surface area contributed by atoms with Gasteiger partial charge in [-0.1, -0.05) is 60.4 Å². The maximum atomic E-state index is 11.4. The number of pyridine rings is 2. The van der Waals surface area contributed by atoms with Gasteiger partial charge in [0.05, 0.1) is 32.4 Å². The summed E-state index contributed by atoms with van der Waals surface area (Å²) in [6, 6.07) is 30.7. The number of aliphatic carboxylic acids is 1. The molecule has 6 aromatic rings. The number of carboxylic acids is 1. The number of carbonyl (C=O) groups excluding carboxylic acids is 2. The number of rotatable bonds is 9. The maximum Gasteiger partial charge on any atom is 1.00 e. The van der Waals surface area contributed by atoms with E-state index in [9.17, 15) is 14.7 Å². The topological polar surface area (TPSA) is 119 Å². The van der Waals surface area contributed by atoms with Gasteiger partial charge >= 0.3 is 35.5 Å². The van der Waals surface area contributed by atoms with E-state index in [0.29, 0.717) is 23.7 Å². The van der Waals surface area contributed by atoms with Crippen molar-refractivity contribution < 1.29 is 59.9 Å². The fourth-order valence-electron chi connectivity index (χ4n) is 4.53. The molecule has 10 nitrogen and oxygen atoms in total. The first kappa shape index (κ1) is 36.6. The van der Waals surface area contributed by atoms with Crippen molar-refractivity contribution in [2.75, 3.05) is 19.8 Å². The van der Waals surface area contributed by atoms with E-state index in [0.717, 1.165) is 28.1 Å². The maximum absolute atomic E-state index is 11.4. The minimum absolute atomic E-state index is 0. The first-order valence-electron chi connectivity index (χ1n) is 15.1. The monoisotopic (exact) mass is 663 g/mol. The summed E-state index contributed by atoms with van der Waals surface area (Å²) in [7, 11) is 0. The molecule has 242 valence electrons. The molecule has 0 unspecified atom stereocenters. The molecule has 0 N–H and O–H groups in total. The van der Waals surface area contributed by atoms with Crippen LogP contribution in [0.2, 0.25) is 0 Å². The molecule has 0 saturated carbocycles. The van der Waals surface area contributed by atoms with Gasteiger partial charge in [0.15, 0.2) is 0 Å². The Bertz CT molecular complexity index is 2130. The molecule has 0 aliphatic rings. The molecule has 0 amide bonds. The molecule has 49 heavy (non-hydrogen) atoms. The number of esters is 1. The second-order valence-corrected chi connectivity index (χ2v) is 10.1. The van der Waals surface area contributed by atoms with Gasteiger partial charge in [0.25, 0.3) is 0 Å². The predicted octanol–water partition coefficient (Wildman–Crippen LogP) is 0.931. The third-order valence-electron chi connectivity index (χ3n) is 6.63. The number of imidazole rings is 2. The standard InChI is InChI=1S/C20H18N2O3.C18H14N2O3.Na.H/c1-2-25-20(23)15-24-14-17-18(12-11-16-8-4-3-5-9-16)22-13-7-6-10-19(22)21-17;21-18(22)13-23-12-15-16(10-9-14-6-2-1-3-7-14)20-11-5-4-8-17(20)19-15;;/h3-10,13H,2,14-15H2,1H3;1-8,11H,12-13H2,(H,21,22);;/q;;+1;-1/p-1. The van der Waals surface area contributed by atoms with Gasteiger partial charge < -0.3 is 25.5 Å². The number of hydrogen-bond donors (Lipinski definition) is 0. The first-order valence-corrected chi connectivity index (χ1v) is 15.1. The van der Waals surface area contributed by atoms with Crippen LogP contribution in [0.4, 0.5) is 0 Å². The van der Waals surface area contributed by atoms with Crippen LogP contribution in [0, 0.1) is 23.7 Å². The number of hydrogen-bond acceptors (Lipinski definition) is 8. The van der Waals surface area contributed by atoms with Crippen molar-refractivity contribution in [1.29, 1.82) is 0 Å². The number of aromatic nitrogens is 4. The van der Waals surface area contributed by atoms with E-state index in [2.05, 4.69) is 33.6 Å². The molecule has 11 heteroatoms. The summed E-state index contributed by atoms with van der Waals surface area (Å²) in [6.07, 6.45) is 3.77. The summed E-state index contributed by atoms with van der Waals surface area (Å²) in [5.74, 6) is 10.8. The van der Waals surface area contributed by atoms with Crippen molar-refractivity contribution in [1.82, 2.24) is 18.8 Å². The molecule has 0 aliphatic carbocycles. The SMILES string of the molecule is CCOC(=O)COCc1nc2ccccn2c1C#Cc1ccccc1.O=C([O-])COCc1nc2ccccn2c1C#Cc1ccccc1.[H-].[Na+]. The summed E-state index contributed by atoms with van der Waals surface area (Å²) in [5.41, 5.74) is 6.06. The number of carboxylic acid groups (broad SMARTS) is 1. The van der Waals surface area contributed by atoms with E-state index in [1.807, 2.05) is 118 Å². The van der Waals surface area contributed by atoms with Crippen molar-refractivity contribution in [3.05, 3.63) is 143 Å². The number of benzene rings is 2. The molecule has 2 aromatic carbocycles.